The molecule has 0 fully saturated rings. The molecule has 0 unspecified atom stereocenters. The molecule has 4 rings (SSSR count). The zero-order chi connectivity index (χ0) is 25.3. The van der Waals surface area contributed by atoms with Crippen LogP contribution in [-0.4, -0.2) is 0 Å². The molecule has 37 heavy (non-hydrogen) atoms. The van der Waals surface area contributed by atoms with Crippen molar-refractivity contribution >= 4 is 0 Å². The molecule has 3 heteroatoms. The predicted molar refractivity (Wildman–Crippen MR) is 147 cm³/mol. The van der Waals surface area contributed by atoms with E-state index in [4.69, 9.17) is 0 Å². The van der Waals surface area contributed by atoms with E-state index in [0.717, 1.165) is 22.3 Å². The molecule has 0 bridgehead atoms. The maximum absolute atomic E-state index is 11.6. The van der Waals surface area contributed by atoms with Crippen LogP contribution in [0.5, 0.6) is 0 Å². The number of rotatable bonds is 6. The van der Waals surface area contributed by atoms with E-state index < -0.39 is 0 Å². The Bertz CT molecular complexity index is 1090. The van der Waals surface area contributed by atoms with Gasteiger partial charge in [0.1, 0.15) is 0 Å². The van der Waals surface area contributed by atoms with Gasteiger partial charge in [-0.05, 0) is 0 Å². The van der Waals surface area contributed by atoms with Crippen LogP contribution in [0.25, 0.3) is 0 Å². The molecule has 2 nitrogen and oxygen atoms in total. The van der Waals surface area contributed by atoms with Gasteiger partial charge in [-0.25, -0.2) is 59.8 Å². The molecule has 4 aliphatic carbocycles. The second-order valence-corrected chi connectivity index (χ2v) is 7.78. The first kappa shape index (κ1) is 29.1. The van der Waals surface area contributed by atoms with Gasteiger partial charge in [-0.2, -0.15) is 72.6 Å². The third-order valence-corrected chi connectivity index (χ3v) is 4.96. The maximum atomic E-state index is 11.6. The summed E-state index contributed by atoms with van der Waals surface area (Å²) in [7, 11) is 0. The van der Waals surface area contributed by atoms with E-state index in [-0.39, 0.29) is 31.9 Å². The molecule has 0 saturated heterocycles. The molecule has 0 radical (unpaired) electrons. The van der Waals surface area contributed by atoms with Crippen molar-refractivity contribution in [3.63, 3.8) is 0 Å². The second-order valence-electron chi connectivity index (χ2n) is 7.78. The Labute approximate surface area is 235 Å². The molecular formula is C34H28O2Pd-8. The van der Waals surface area contributed by atoms with Crippen molar-refractivity contribution in [2.45, 2.75) is 0 Å². The summed E-state index contributed by atoms with van der Waals surface area (Å²) < 4.78 is 0. The van der Waals surface area contributed by atoms with Crippen LogP contribution in [0.2, 0.25) is 0 Å². The van der Waals surface area contributed by atoms with Crippen LogP contribution in [0, 0.1) is 38.5 Å². The van der Waals surface area contributed by atoms with Gasteiger partial charge < -0.3 is 10.2 Å². The standard InChI is InChI=1S/2C17H15O.Pd/c2*18-17(13-11-15-7-3-1-4-8-15)14-12-16-9-5-2-6-10-16;/h2*1-14,18H;/q2*-3;/p-2. The van der Waals surface area contributed by atoms with Crippen molar-refractivity contribution in [2.75, 3.05) is 0 Å². The predicted octanol–water partition coefficient (Wildman–Crippen LogP) is 5.89. The SMILES string of the molecule is [O-]C(=CC=C1C=CC=C[CH-]1)[CH-]C=C1C=CC=C[CH-]1.[O-]C(=CC=C1C=CC=C[CH-]1)[CH-]C=C1C=CC=C[CH-]1.[Pd]. The molecule has 0 aromatic rings. The van der Waals surface area contributed by atoms with Gasteiger partial charge >= 0.3 is 0 Å². The molecule has 0 aromatic carbocycles. The van der Waals surface area contributed by atoms with E-state index in [1.807, 2.05) is 147 Å². The summed E-state index contributed by atoms with van der Waals surface area (Å²) in [6.07, 6.45) is 52.7. The number of allylic oxidation sites excluding steroid dienone is 26. The molecule has 0 saturated carbocycles. The largest absolute Gasteiger partial charge is 0.892 e. The second kappa shape index (κ2) is 17.3. The van der Waals surface area contributed by atoms with Crippen LogP contribution in [0.4, 0.5) is 0 Å². The third-order valence-electron chi connectivity index (χ3n) is 4.96. The molecule has 0 atom stereocenters. The Morgan fingerprint density at radius 2 is 0.838 bits per heavy atom. The van der Waals surface area contributed by atoms with Crippen LogP contribution in [0.3, 0.4) is 0 Å². The minimum atomic E-state index is -0.0114. The summed E-state index contributed by atoms with van der Waals surface area (Å²) in [6, 6.07) is 0. The first-order valence-electron chi connectivity index (χ1n) is 11.7. The summed E-state index contributed by atoms with van der Waals surface area (Å²) in [6.45, 7) is 0. The minimum Gasteiger partial charge on any atom is -0.892 e. The van der Waals surface area contributed by atoms with Gasteiger partial charge in [0.05, 0.1) is 0 Å². The molecule has 0 aromatic heterocycles. The molecule has 4 aliphatic rings. The van der Waals surface area contributed by atoms with Gasteiger partial charge in [0.2, 0.25) is 0 Å². The van der Waals surface area contributed by atoms with E-state index >= 15 is 0 Å². The Hall–Kier alpha value is -4.16. The summed E-state index contributed by atoms with van der Waals surface area (Å²) in [5.74, 6) is -0.0228. The zero-order valence-corrected chi connectivity index (χ0v) is 21.9. The van der Waals surface area contributed by atoms with Crippen molar-refractivity contribution < 1.29 is 30.6 Å². The molecular weight excluding hydrogens is 547 g/mol. The normalized spacial score (nSPS) is 21.5. The van der Waals surface area contributed by atoms with Crippen molar-refractivity contribution in [1.82, 2.24) is 0 Å². The van der Waals surface area contributed by atoms with Crippen molar-refractivity contribution in [1.29, 1.82) is 0 Å². The Balaban J connectivity index is 0.000000253. The van der Waals surface area contributed by atoms with E-state index in [1.165, 1.54) is 0 Å². The van der Waals surface area contributed by atoms with Crippen molar-refractivity contribution in [3.8, 4) is 0 Å². The maximum Gasteiger partial charge on any atom is 0 e. The fourth-order valence-corrected chi connectivity index (χ4v) is 3.08. The number of hydrogen-bond acceptors (Lipinski definition) is 2. The Kier molecular flexibility index (Phi) is 13.6. The summed E-state index contributed by atoms with van der Waals surface area (Å²) in [5.41, 5.74) is 4.11. The van der Waals surface area contributed by atoms with E-state index in [0.29, 0.717) is 0 Å². The van der Waals surface area contributed by atoms with Gasteiger partial charge in [0.15, 0.2) is 0 Å². The average Bonchev–Trinajstić information content (AvgIpc) is 2.95. The fraction of sp³-hybridized carbons (Fsp3) is 0. The number of hydrogen-bond donors (Lipinski definition) is 0. The third kappa shape index (κ3) is 12.4. The van der Waals surface area contributed by atoms with Crippen LogP contribution >= 0.6 is 0 Å². The van der Waals surface area contributed by atoms with Gasteiger partial charge in [0, 0.05) is 20.4 Å². The van der Waals surface area contributed by atoms with Crippen molar-refractivity contribution in [3.05, 3.63) is 206 Å². The minimum absolute atomic E-state index is 0. The van der Waals surface area contributed by atoms with E-state index in [2.05, 4.69) is 0 Å². The summed E-state index contributed by atoms with van der Waals surface area (Å²) >= 11 is 0. The van der Waals surface area contributed by atoms with Gasteiger partial charge in [-0.3, -0.25) is 0 Å². The molecule has 0 heterocycles. The molecule has 0 amide bonds. The van der Waals surface area contributed by atoms with E-state index in [1.54, 1.807) is 25.0 Å². The molecule has 0 aliphatic heterocycles. The van der Waals surface area contributed by atoms with Gasteiger partial charge in [-0.15, -0.1) is 73.6 Å². The van der Waals surface area contributed by atoms with E-state index in [9.17, 15) is 10.2 Å². The average molecular weight is 575 g/mol. The summed E-state index contributed by atoms with van der Waals surface area (Å²) in [4.78, 5) is 0. The fourth-order valence-electron chi connectivity index (χ4n) is 3.08. The van der Waals surface area contributed by atoms with Gasteiger partial charge in [0.25, 0.3) is 0 Å². The van der Waals surface area contributed by atoms with Crippen molar-refractivity contribution in [2.24, 2.45) is 0 Å². The quantitative estimate of drug-likeness (QED) is 0.225. The van der Waals surface area contributed by atoms with Crippen LogP contribution < -0.4 is 10.2 Å². The molecule has 0 N–H and O–H groups in total. The molecule has 0 spiro atoms. The first-order valence-corrected chi connectivity index (χ1v) is 11.7. The van der Waals surface area contributed by atoms with Crippen LogP contribution in [-0.2, 0) is 20.4 Å². The van der Waals surface area contributed by atoms with Crippen LogP contribution in [0.15, 0.2) is 167 Å². The van der Waals surface area contributed by atoms with Crippen LogP contribution in [0.1, 0.15) is 0 Å². The Morgan fingerprint density at radius 3 is 1.14 bits per heavy atom. The topological polar surface area (TPSA) is 46.1 Å². The smallest absolute Gasteiger partial charge is 0 e. The molecule has 194 valence electrons. The Morgan fingerprint density at radius 1 is 0.514 bits per heavy atom. The summed E-state index contributed by atoms with van der Waals surface area (Å²) in [5, 5.41) is 23.2. The van der Waals surface area contributed by atoms with Gasteiger partial charge in [-0.1, -0.05) is 0 Å². The monoisotopic (exact) mass is 574 g/mol. The first-order chi connectivity index (χ1) is 17.7. The zero-order valence-electron chi connectivity index (χ0n) is 20.3.